The summed E-state index contributed by atoms with van der Waals surface area (Å²) in [6.07, 6.45) is 7.87. The minimum atomic E-state index is -0.364. The van der Waals surface area contributed by atoms with Gasteiger partial charge in [-0.15, -0.1) is 0 Å². The summed E-state index contributed by atoms with van der Waals surface area (Å²) in [4.78, 5) is 28.3. The van der Waals surface area contributed by atoms with Gasteiger partial charge in [-0.3, -0.25) is 4.79 Å². The zero-order valence-corrected chi connectivity index (χ0v) is 15.4. The Morgan fingerprint density at radius 1 is 1.27 bits per heavy atom. The largest absolute Gasteiger partial charge is 0.350 e. The molecule has 0 aromatic carbocycles. The lowest BCUT2D eigenvalue weighted by Crippen LogP contribution is -2.38. The lowest BCUT2D eigenvalue weighted by atomic mass is 9.97. The molecule has 26 heavy (non-hydrogen) atoms. The summed E-state index contributed by atoms with van der Waals surface area (Å²) in [5, 5.41) is 3.41. The van der Waals surface area contributed by atoms with Gasteiger partial charge in [0.25, 0.3) is 5.91 Å². The number of aromatic nitrogens is 2. The van der Waals surface area contributed by atoms with Crippen molar-refractivity contribution in [1.29, 1.82) is 0 Å². The SMILES string of the molecule is CCNCC1CCN(c2ncc(C(=O)NOC3CCCCO3)cn2)CC1. The Labute approximate surface area is 154 Å². The van der Waals surface area contributed by atoms with Crippen LogP contribution in [0.1, 0.15) is 49.4 Å². The molecule has 2 aliphatic rings. The highest BCUT2D eigenvalue weighted by molar-refractivity contribution is 5.92. The molecule has 2 N–H and O–H groups in total. The van der Waals surface area contributed by atoms with E-state index in [-0.39, 0.29) is 12.2 Å². The molecular weight excluding hydrogens is 334 g/mol. The van der Waals surface area contributed by atoms with Gasteiger partial charge in [-0.05, 0) is 44.7 Å². The van der Waals surface area contributed by atoms with E-state index in [4.69, 9.17) is 9.57 Å². The third kappa shape index (κ3) is 5.36. The third-order valence-corrected chi connectivity index (χ3v) is 4.90. The first-order valence-corrected chi connectivity index (χ1v) is 9.61. The van der Waals surface area contributed by atoms with Gasteiger partial charge in [-0.1, -0.05) is 6.92 Å². The predicted molar refractivity (Wildman–Crippen MR) is 97.7 cm³/mol. The van der Waals surface area contributed by atoms with Crippen molar-refractivity contribution in [2.45, 2.75) is 45.3 Å². The van der Waals surface area contributed by atoms with E-state index in [0.29, 0.717) is 18.1 Å². The fourth-order valence-electron chi connectivity index (χ4n) is 3.27. The molecule has 0 bridgehead atoms. The van der Waals surface area contributed by atoms with Crippen molar-refractivity contribution in [3.8, 4) is 0 Å². The first-order valence-electron chi connectivity index (χ1n) is 9.61. The molecule has 0 spiro atoms. The summed E-state index contributed by atoms with van der Waals surface area (Å²) in [5.74, 6) is 1.05. The molecule has 144 valence electrons. The Balaban J connectivity index is 1.45. The number of carbonyl (C=O) groups excluding carboxylic acids is 1. The molecular formula is C18H29N5O3. The molecule has 2 saturated heterocycles. The average Bonchev–Trinajstić information content (AvgIpc) is 2.72. The van der Waals surface area contributed by atoms with E-state index in [1.165, 1.54) is 0 Å². The van der Waals surface area contributed by atoms with Gasteiger partial charge in [0.1, 0.15) is 0 Å². The summed E-state index contributed by atoms with van der Waals surface area (Å²) < 4.78 is 5.42. The Hall–Kier alpha value is -1.77. The molecule has 3 rings (SSSR count). The molecule has 0 aliphatic carbocycles. The van der Waals surface area contributed by atoms with Crippen LogP contribution in [-0.4, -0.2) is 55.0 Å². The van der Waals surface area contributed by atoms with Crippen molar-refractivity contribution in [2.75, 3.05) is 37.7 Å². The monoisotopic (exact) mass is 363 g/mol. The fraction of sp³-hybridized carbons (Fsp3) is 0.722. The molecule has 2 fully saturated rings. The van der Waals surface area contributed by atoms with E-state index in [1.54, 1.807) is 12.4 Å². The molecule has 2 aliphatic heterocycles. The van der Waals surface area contributed by atoms with Gasteiger partial charge in [-0.25, -0.2) is 20.3 Å². The highest BCUT2D eigenvalue weighted by Gasteiger charge is 2.21. The molecule has 1 atom stereocenters. The number of hydrogen-bond acceptors (Lipinski definition) is 7. The number of nitrogens with one attached hydrogen (secondary N) is 2. The standard InChI is InChI=1S/C18H29N5O3/c1-2-19-11-14-6-8-23(9-7-14)18-20-12-15(13-21-18)17(24)22-26-16-5-3-4-10-25-16/h12-14,16,19H,2-11H2,1H3,(H,22,24). The molecule has 1 amide bonds. The molecule has 8 nitrogen and oxygen atoms in total. The van der Waals surface area contributed by atoms with E-state index >= 15 is 0 Å². The first-order chi connectivity index (χ1) is 12.8. The molecule has 1 aromatic rings. The number of piperidine rings is 1. The van der Waals surface area contributed by atoms with Crippen LogP contribution in [0.15, 0.2) is 12.4 Å². The number of hydroxylamine groups is 1. The van der Waals surface area contributed by atoms with Crippen LogP contribution < -0.4 is 15.7 Å². The maximum absolute atomic E-state index is 12.1. The normalized spacial score (nSPS) is 21.6. The van der Waals surface area contributed by atoms with Gasteiger partial charge in [0.15, 0.2) is 6.29 Å². The predicted octanol–water partition coefficient (Wildman–Crippen LogP) is 1.49. The maximum Gasteiger partial charge on any atom is 0.278 e. The molecule has 8 heteroatoms. The number of carbonyl (C=O) groups is 1. The smallest absolute Gasteiger partial charge is 0.278 e. The lowest BCUT2D eigenvalue weighted by molar-refractivity contribution is -0.186. The number of anilines is 1. The van der Waals surface area contributed by atoms with Crippen LogP contribution in [0, 0.1) is 5.92 Å². The minimum absolute atomic E-state index is 0.352. The van der Waals surface area contributed by atoms with Crippen LogP contribution in [0.25, 0.3) is 0 Å². The number of amides is 1. The number of nitrogens with zero attached hydrogens (tertiary/aromatic N) is 3. The highest BCUT2D eigenvalue weighted by Crippen LogP contribution is 2.20. The number of rotatable bonds is 7. The zero-order valence-electron chi connectivity index (χ0n) is 15.4. The molecule has 0 saturated carbocycles. The third-order valence-electron chi connectivity index (χ3n) is 4.90. The summed E-state index contributed by atoms with van der Waals surface area (Å²) >= 11 is 0. The Morgan fingerprint density at radius 2 is 2.04 bits per heavy atom. The molecule has 1 aromatic heterocycles. The zero-order chi connectivity index (χ0) is 18.2. The molecule has 3 heterocycles. The average molecular weight is 363 g/mol. The van der Waals surface area contributed by atoms with Gasteiger partial charge in [0.05, 0.1) is 5.56 Å². The topological polar surface area (TPSA) is 88.6 Å². The van der Waals surface area contributed by atoms with Crippen molar-refractivity contribution in [2.24, 2.45) is 5.92 Å². The van der Waals surface area contributed by atoms with E-state index in [9.17, 15) is 4.79 Å². The van der Waals surface area contributed by atoms with Crippen LogP contribution in [0.2, 0.25) is 0 Å². The van der Waals surface area contributed by atoms with Crippen LogP contribution in [0.5, 0.6) is 0 Å². The van der Waals surface area contributed by atoms with Crippen LogP contribution in [-0.2, 0) is 9.57 Å². The second-order valence-electron chi connectivity index (χ2n) is 6.86. The van der Waals surface area contributed by atoms with E-state index in [1.807, 2.05) is 0 Å². The van der Waals surface area contributed by atoms with Crippen molar-refractivity contribution in [3.63, 3.8) is 0 Å². The van der Waals surface area contributed by atoms with E-state index < -0.39 is 0 Å². The van der Waals surface area contributed by atoms with Gasteiger partial charge in [0, 0.05) is 38.5 Å². The van der Waals surface area contributed by atoms with Gasteiger partial charge in [-0.2, -0.15) is 0 Å². The lowest BCUT2D eigenvalue weighted by Gasteiger charge is -2.32. The second kappa shape index (κ2) is 9.80. The van der Waals surface area contributed by atoms with Crippen molar-refractivity contribution < 1.29 is 14.4 Å². The van der Waals surface area contributed by atoms with Gasteiger partial charge in [0.2, 0.25) is 5.95 Å². The van der Waals surface area contributed by atoms with Crippen LogP contribution >= 0.6 is 0 Å². The molecule has 0 radical (unpaired) electrons. The van der Waals surface area contributed by atoms with E-state index in [2.05, 4.69) is 32.6 Å². The summed E-state index contributed by atoms with van der Waals surface area (Å²) in [6, 6.07) is 0. The van der Waals surface area contributed by atoms with E-state index in [0.717, 1.165) is 64.2 Å². The van der Waals surface area contributed by atoms with Crippen molar-refractivity contribution in [3.05, 3.63) is 18.0 Å². The van der Waals surface area contributed by atoms with Crippen molar-refractivity contribution >= 4 is 11.9 Å². The van der Waals surface area contributed by atoms with Crippen LogP contribution in [0.4, 0.5) is 5.95 Å². The number of ether oxygens (including phenoxy) is 1. The Bertz CT molecular complexity index is 554. The van der Waals surface area contributed by atoms with Gasteiger partial charge >= 0.3 is 0 Å². The quantitative estimate of drug-likeness (QED) is 0.710. The summed E-state index contributed by atoms with van der Waals surface area (Å²) in [6.45, 7) is 6.80. The first kappa shape index (κ1) is 19.0. The molecule has 1 unspecified atom stereocenters. The highest BCUT2D eigenvalue weighted by atomic mass is 16.8. The van der Waals surface area contributed by atoms with Crippen LogP contribution in [0.3, 0.4) is 0 Å². The Morgan fingerprint density at radius 3 is 2.69 bits per heavy atom. The number of hydrogen-bond donors (Lipinski definition) is 2. The fourth-order valence-corrected chi connectivity index (χ4v) is 3.27. The summed E-state index contributed by atoms with van der Waals surface area (Å²) in [5.41, 5.74) is 2.81. The minimum Gasteiger partial charge on any atom is -0.350 e. The Kier molecular flexibility index (Phi) is 7.16. The second-order valence-corrected chi connectivity index (χ2v) is 6.86. The van der Waals surface area contributed by atoms with Crippen molar-refractivity contribution in [1.82, 2.24) is 20.8 Å². The van der Waals surface area contributed by atoms with Gasteiger partial charge < -0.3 is 15.0 Å². The maximum atomic E-state index is 12.1. The summed E-state index contributed by atoms with van der Waals surface area (Å²) in [7, 11) is 0.